The predicted molar refractivity (Wildman–Crippen MR) is 114 cm³/mol. The molecule has 0 saturated carbocycles. The van der Waals surface area contributed by atoms with E-state index >= 15 is 0 Å². The Bertz CT molecular complexity index is 1030. The van der Waals surface area contributed by atoms with E-state index < -0.39 is 0 Å². The van der Waals surface area contributed by atoms with Gasteiger partial charge in [-0.3, -0.25) is 0 Å². The summed E-state index contributed by atoms with van der Waals surface area (Å²) in [5.41, 5.74) is 4.81. The summed E-state index contributed by atoms with van der Waals surface area (Å²) in [5, 5.41) is 2.56. The molecule has 0 unspecified atom stereocenters. The van der Waals surface area contributed by atoms with Crippen LogP contribution in [-0.2, 0) is 0 Å². The van der Waals surface area contributed by atoms with E-state index in [0.717, 1.165) is 0 Å². The van der Waals surface area contributed by atoms with Crippen LogP contribution in [0.2, 0.25) is 0 Å². The van der Waals surface area contributed by atoms with E-state index in [4.69, 9.17) is 0 Å². The van der Waals surface area contributed by atoms with Gasteiger partial charge < -0.3 is 4.90 Å². The van der Waals surface area contributed by atoms with Crippen LogP contribution in [0.4, 0.5) is 11.4 Å². The van der Waals surface area contributed by atoms with E-state index in [9.17, 15) is 0 Å². The molecule has 0 bridgehead atoms. The Morgan fingerprint density at radius 1 is 0.577 bits per heavy atom. The largest absolute Gasteiger partial charge is 0.345 e. The number of rotatable bonds is 4. The van der Waals surface area contributed by atoms with Crippen LogP contribution in [0.25, 0.3) is 22.9 Å². The Kier molecular flexibility index (Phi) is 4.53. The normalized spacial score (nSPS) is 11.1. The molecule has 0 fully saturated rings. The molecule has 0 aliphatic heterocycles. The minimum Gasteiger partial charge on any atom is -0.345 e. The Labute approximate surface area is 154 Å². The first-order valence-corrected chi connectivity index (χ1v) is 8.86. The number of fused-ring (bicyclic) bond motifs is 1. The molecule has 1 heteroatoms. The summed E-state index contributed by atoms with van der Waals surface area (Å²) in [6, 6.07) is 34.0. The van der Waals surface area contributed by atoms with Crippen molar-refractivity contribution in [1.29, 1.82) is 0 Å². The van der Waals surface area contributed by atoms with Gasteiger partial charge in [-0.25, -0.2) is 0 Å². The molecule has 0 aliphatic rings. The first kappa shape index (κ1) is 16.2. The molecule has 0 radical (unpaired) electrons. The number of benzene rings is 4. The molecule has 0 saturated heterocycles. The van der Waals surface area contributed by atoms with E-state index in [2.05, 4.69) is 115 Å². The van der Waals surface area contributed by atoms with E-state index in [1.54, 1.807) is 0 Å². The molecular weight excluding hydrogens is 314 g/mol. The molecule has 0 heterocycles. The summed E-state index contributed by atoms with van der Waals surface area (Å²) < 4.78 is 0. The number of para-hydroxylation sites is 1. The number of anilines is 2. The quantitative estimate of drug-likeness (QED) is 0.372. The van der Waals surface area contributed by atoms with E-state index in [0.29, 0.717) is 0 Å². The van der Waals surface area contributed by atoms with Crippen LogP contribution in [0.1, 0.15) is 11.1 Å². The van der Waals surface area contributed by atoms with Crippen LogP contribution in [0.5, 0.6) is 0 Å². The molecule has 0 N–H and O–H groups in total. The second-order valence-corrected chi connectivity index (χ2v) is 6.39. The van der Waals surface area contributed by atoms with Crippen molar-refractivity contribution in [2.75, 3.05) is 11.9 Å². The van der Waals surface area contributed by atoms with Crippen molar-refractivity contribution in [3.05, 3.63) is 108 Å². The van der Waals surface area contributed by atoms with E-state index in [-0.39, 0.29) is 0 Å². The standard InChI is InChI=1S/C25H21N/c1-26(23-11-3-2-4-12-23)24-18-15-20(16-19-24)14-17-22-10-7-9-21-8-5-6-13-25(21)22/h2-19H,1H3. The van der Waals surface area contributed by atoms with Crippen LogP contribution < -0.4 is 4.90 Å². The number of hydrogen-bond donors (Lipinski definition) is 0. The zero-order chi connectivity index (χ0) is 17.8. The molecule has 1 nitrogen and oxygen atoms in total. The van der Waals surface area contributed by atoms with Crippen molar-refractivity contribution in [2.24, 2.45) is 0 Å². The van der Waals surface area contributed by atoms with Crippen LogP contribution in [0, 0.1) is 0 Å². The third-order valence-electron chi connectivity index (χ3n) is 4.70. The summed E-state index contributed by atoms with van der Waals surface area (Å²) in [7, 11) is 2.09. The van der Waals surface area contributed by atoms with Crippen LogP contribution in [0.15, 0.2) is 97.1 Å². The number of hydrogen-bond acceptors (Lipinski definition) is 1. The maximum atomic E-state index is 2.19. The highest BCUT2D eigenvalue weighted by Gasteiger charge is 2.02. The predicted octanol–water partition coefficient (Wildman–Crippen LogP) is 6.78. The van der Waals surface area contributed by atoms with Gasteiger partial charge in [0.05, 0.1) is 0 Å². The van der Waals surface area contributed by atoms with Gasteiger partial charge in [-0.2, -0.15) is 0 Å². The second-order valence-electron chi connectivity index (χ2n) is 6.39. The van der Waals surface area contributed by atoms with Crippen LogP contribution >= 0.6 is 0 Å². The topological polar surface area (TPSA) is 3.24 Å². The lowest BCUT2D eigenvalue weighted by molar-refractivity contribution is 1.21. The van der Waals surface area contributed by atoms with Gasteiger partial charge in [0.2, 0.25) is 0 Å². The summed E-state index contributed by atoms with van der Waals surface area (Å²) >= 11 is 0. The monoisotopic (exact) mass is 335 g/mol. The van der Waals surface area contributed by atoms with Gasteiger partial charge in [-0.15, -0.1) is 0 Å². The SMILES string of the molecule is CN(c1ccccc1)c1ccc(C=Cc2cccc3ccccc23)cc1. The Hall–Kier alpha value is -3.32. The Balaban J connectivity index is 1.56. The fourth-order valence-electron chi connectivity index (χ4n) is 3.19. The maximum Gasteiger partial charge on any atom is 0.0408 e. The average molecular weight is 335 g/mol. The molecule has 0 spiro atoms. The zero-order valence-electron chi connectivity index (χ0n) is 14.8. The van der Waals surface area contributed by atoms with Crippen molar-refractivity contribution in [3.63, 3.8) is 0 Å². The highest BCUT2D eigenvalue weighted by Crippen LogP contribution is 2.24. The molecule has 0 amide bonds. The molecule has 0 atom stereocenters. The lowest BCUT2D eigenvalue weighted by atomic mass is 10.0. The summed E-state index contributed by atoms with van der Waals surface area (Å²) in [6.07, 6.45) is 4.37. The van der Waals surface area contributed by atoms with Crippen molar-refractivity contribution in [1.82, 2.24) is 0 Å². The first-order chi connectivity index (χ1) is 12.8. The summed E-state index contributed by atoms with van der Waals surface area (Å²) in [6.45, 7) is 0. The van der Waals surface area contributed by atoms with E-state index in [1.165, 1.54) is 33.3 Å². The van der Waals surface area contributed by atoms with Gasteiger partial charge in [-0.05, 0) is 46.2 Å². The molecule has 4 aromatic rings. The highest BCUT2D eigenvalue weighted by atomic mass is 15.1. The third-order valence-corrected chi connectivity index (χ3v) is 4.70. The number of nitrogens with zero attached hydrogens (tertiary/aromatic N) is 1. The molecular formula is C25H21N. The molecule has 0 aliphatic carbocycles. The smallest absolute Gasteiger partial charge is 0.0408 e. The van der Waals surface area contributed by atoms with Crippen molar-refractivity contribution in [2.45, 2.75) is 0 Å². The van der Waals surface area contributed by atoms with Crippen molar-refractivity contribution in [3.8, 4) is 0 Å². The second kappa shape index (κ2) is 7.28. The van der Waals surface area contributed by atoms with Gasteiger partial charge in [0.25, 0.3) is 0 Å². The van der Waals surface area contributed by atoms with Crippen molar-refractivity contribution < 1.29 is 0 Å². The van der Waals surface area contributed by atoms with Crippen molar-refractivity contribution >= 4 is 34.3 Å². The lowest BCUT2D eigenvalue weighted by Crippen LogP contribution is -2.08. The van der Waals surface area contributed by atoms with Gasteiger partial charge in [-0.1, -0.05) is 84.9 Å². The first-order valence-electron chi connectivity index (χ1n) is 8.86. The zero-order valence-corrected chi connectivity index (χ0v) is 14.8. The summed E-state index contributed by atoms with van der Waals surface area (Å²) in [5.74, 6) is 0. The molecule has 26 heavy (non-hydrogen) atoms. The van der Waals surface area contributed by atoms with E-state index in [1.807, 2.05) is 6.07 Å². The summed E-state index contributed by atoms with van der Waals surface area (Å²) in [4.78, 5) is 2.19. The average Bonchev–Trinajstić information content (AvgIpc) is 2.73. The molecule has 0 aromatic heterocycles. The van der Waals surface area contributed by atoms with Crippen LogP contribution in [0.3, 0.4) is 0 Å². The van der Waals surface area contributed by atoms with Crippen LogP contribution in [-0.4, -0.2) is 7.05 Å². The van der Waals surface area contributed by atoms with Gasteiger partial charge in [0.1, 0.15) is 0 Å². The third kappa shape index (κ3) is 3.38. The fourth-order valence-corrected chi connectivity index (χ4v) is 3.19. The Morgan fingerprint density at radius 2 is 1.23 bits per heavy atom. The van der Waals surface area contributed by atoms with Gasteiger partial charge >= 0.3 is 0 Å². The maximum absolute atomic E-state index is 2.19. The minimum absolute atomic E-state index is 1.18. The fraction of sp³-hybridized carbons (Fsp3) is 0.0400. The Morgan fingerprint density at radius 3 is 2.04 bits per heavy atom. The van der Waals surface area contributed by atoms with Gasteiger partial charge in [0, 0.05) is 18.4 Å². The lowest BCUT2D eigenvalue weighted by Gasteiger charge is -2.19. The minimum atomic E-state index is 1.18. The molecule has 4 aromatic carbocycles. The molecule has 4 rings (SSSR count). The highest BCUT2D eigenvalue weighted by molar-refractivity contribution is 5.92. The van der Waals surface area contributed by atoms with Gasteiger partial charge in [0.15, 0.2) is 0 Å². The molecule has 126 valence electrons.